The Morgan fingerprint density at radius 3 is 2.26 bits per heavy atom. The summed E-state index contributed by atoms with van der Waals surface area (Å²) >= 11 is 0. The number of pyridine rings is 1. The molecule has 1 fully saturated rings. The molecule has 23 heavy (non-hydrogen) atoms. The quantitative estimate of drug-likeness (QED) is 0.880. The Morgan fingerprint density at radius 2 is 1.70 bits per heavy atom. The third-order valence-corrected chi connectivity index (χ3v) is 4.94. The van der Waals surface area contributed by atoms with E-state index in [4.69, 9.17) is 0 Å². The molecular weight excluding hydrogens is 316 g/mol. The average molecular weight is 334 g/mol. The van der Waals surface area contributed by atoms with E-state index in [2.05, 4.69) is 20.5 Å². The van der Waals surface area contributed by atoms with Gasteiger partial charge >= 0.3 is 0 Å². The van der Waals surface area contributed by atoms with Crippen LogP contribution in [0.5, 0.6) is 0 Å². The summed E-state index contributed by atoms with van der Waals surface area (Å²) in [6.45, 7) is 2.16. The third-order valence-electron chi connectivity index (χ3n) is 3.63. The first-order valence-corrected chi connectivity index (χ1v) is 9.08. The van der Waals surface area contributed by atoms with Crippen LogP contribution in [0.4, 0.5) is 17.3 Å². The Hall–Kier alpha value is -2.26. The van der Waals surface area contributed by atoms with Crippen LogP contribution in [-0.2, 0) is 10.0 Å². The molecule has 0 spiro atoms. The molecule has 9 heteroatoms. The van der Waals surface area contributed by atoms with Gasteiger partial charge in [-0.05, 0) is 24.3 Å². The zero-order valence-electron chi connectivity index (χ0n) is 12.8. The van der Waals surface area contributed by atoms with E-state index in [-0.39, 0.29) is 0 Å². The molecule has 1 aliphatic heterocycles. The molecule has 8 nitrogen and oxygen atoms in total. The van der Waals surface area contributed by atoms with E-state index in [9.17, 15) is 8.42 Å². The lowest BCUT2D eigenvalue weighted by Crippen LogP contribution is -2.48. The second kappa shape index (κ2) is 6.47. The number of sulfonamides is 1. The maximum absolute atomic E-state index is 11.5. The van der Waals surface area contributed by atoms with Gasteiger partial charge in [0.25, 0.3) is 0 Å². The van der Waals surface area contributed by atoms with E-state index in [1.165, 1.54) is 10.6 Å². The van der Waals surface area contributed by atoms with Gasteiger partial charge in [0.05, 0.1) is 6.26 Å². The minimum Gasteiger partial charge on any atom is -0.352 e. The minimum absolute atomic E-state index is 0.470. The molecule has 1 N–H and O–H groups in total. The molecule has 0 radical (unpaired) electrons. The highest BCUT2D eigenvalue weighted by Gasteiger charge is 2.24. The zero-order chi connectivity index (χ0) is 16.3. The van der Waals surface area contributed by atoms with Gasteiger partial charge in [0.1, 0.15) is 0 Å². The summed E-state index contributed by atoms with van der Waals surface area (Å²) in [4.78, 5) is 5.99. The van der Waals surface area contributed by atoms with Crippen LogP contribution in [0, 0.1) is 0 Å². The molecule has 3 rings (SSSR count). The Bertz CT molecular complexity index is 743. The number of hydrogen-bond acceptors (Lipinski definition) is 7. The Balaban J connectivity index is 1.62. The van der Waals surface area contributed by atoms with E-state index in [1.54, 1.807) is 12.4 Å². The SMILES string of the molecule is CS(=O)(=O)N1CCN(c2ccc(Nc3ccncc3)nn2)CC1. The van der Waals surface area contributed by atoms with Gasteiger partial charge in [0.2, 0.25) is 10.0 Å². The van der Waals surface area contributed by atoms with E-state index in [1.807, 2.05) is 29.2 Å². The first-order valence-electron chi connectivity index (χ1n) is 7.23. The van der Waals surface area contributed by atoms with Crippen LogP contribution in [0.15, 0.2) is 36.7 Å². The monoisotopic (exact) mass is 334 g/mol. The second-order valence-electron chi connectivity index (χ2n) is 5.29. The highest BCUT2D eigenvalue weighted by Crippen LogP contribution is 2.17. The van der Waals surface area contributed by atoms with Crippen LogP contribution in [0.1, 0.15) is 0 Å². The first kappa shape index (κ1) is 15.6. The largest absolute Gasteiger partial charge is 0.352 e. The molecule has 122 valence electrons. The maximum Gasteiger partial charge on any atom is 0.211 e. The topological polar surface area (TPSA) is 91.3 Å². The lowest BCUT2D eigenvalue weighted by molar-refractivity contribution is 0.386. The molecule has 1 saturated heterocycles. The van der Waals surface area contributed by atoms with Gasteiger partial charge in [0.15, 0.2) is 11.6 Å². The van der Waals surface area contributed by atoms with Crippen LogP contribution >= 0.6 is 0 Å². The summed E-state index contributed by atoms with van der Waals surface area (Å²) in [6, 6.07) is 7.43. The number of anilines is 3. The minimum atomic E-state index is -3.12. The fraction of sp³-hybridized carbons (Fsp3) is 0.357. The summed E-state index contributed by atoms with van der Waals surface area (Å²) in [5.41, 5.74) is 0.892. The molecule has 2 aromatic heterocycles. The van der Waals surface area contributed by atoms with Crippen molar-refractivity contribution in [2.24, 2.45) is 0 Å². The van der Waals surface area contributed by atoms with Gasteiger partial charge in [0, 0.05) is 44.3 Å². The van der Waals surface area contributed by atoms with Crippen molar-refractivity contribution < 1.29 is 8.42 Å². The van der Waals surface area contributed by atoms with Gasteiger partial charge in [-0.25, -0.2) is 8.42 Å². The van der Waals surface area contributed by atoms with Crippen LogP contribution in [0.25, 0.3) is 0 Å². The summed E-state index contributed by atoms with van der Waals surface area (Å²) < 4.78 is 24.5. The van der Waals surface area contributed by atoms with Crippen LogP contribution in [0.3, 0.4) is 0 Å². The highest BCUT2D eigenvalue weighted by atomic mass is 32.2. The number of nitrogens with one attached hydrogen (secondary N) is 1. The summed E-state index contributed by atoms with van der Waals surface area (Å²) in [7, 11) is -3.12. The number of rotatable bonds is 4. The molecule has 0 saturated carbocycles. The van der Waals surface area contributed by atoms with Gasteiger partial charge in [-0.3, -0.25) is 4.98 Å². The van der Waals surface area contributed by atoms with E-state index >= 15 is 0 Å². The van der Waals surface area contributed by atoms with Gasteiger partial charge in [-0.15, -0.1) is 10.2 Å². The summed E-state index contributed by atoms with van der Waals surface area (Å²) in [5.74, 6) is 1.40. The molecule has 3 heterocycles. The van der Waals surface area contributed by atoms with Crippen LogP contribution in [-0.4, -0.2) is 60.3 Å². The van der Waals surface area contributed by atoms with Crippen molar-refractivity contribution in [2.75, 3.05) is 42.7 Å². The standard InChI is InChI=1S/C14H18N6O2S/c1-23(21,22)20-10-8-19(9-11-20)14-3-2-13(17-18-14)16-12-4-6-15-7-5-12/h2-7H,8-11H2,1H3,(H,15,16,17). The van der Waals surface area contributed by atoms with E-state index < -0.39 is 10.0 Å². The molecule has 0 unspecified atom stereocenters. The average Bonchev–Trinajstić information content (AvgIpc) is 2.56. The van der Waals surface area contributed by atoms with E-state index in [0.29, 0.717) is 32.0 Å². The van der Waals surface area contributed by atoms with Crippen molar-refractivity contribution >= 4 is 27.3 Å². The molecule has 0 atom stereocenters. The van der Waals surface area contributed by atoms with Crippen molar-refractivity contribution in [3.8, 4) is 0 Å². The number of piperazine rings is 1. The number of aromatic nitrogens is 3. The van der Waals surface area contributed by atoms with Gasteiger partial charge in [-0.1, -0.05) is 0 Å². The molecule has 0 aliphatic carbocycles. The molecule has 0 aromatic carbocycles. The van der Waals surface area contributed by atoms with Crippen molar-refractivity contribution in [3.63, 3.8) is 0 Å². The van der Waals surface area contributed by atoms with Crippen LogP contribution in [0.2, 0.25) is 0 Å². The Kier molecular flexibility index (Phi) is 4.39. The fourth-order valence-electron chi connectivity index (χ4n) is 2.39. The van der Waals surface area contributed by atoms with Crippen molar-refractivity contribution in [1.29, 1.82) is 0 Å². The number of nitrogens with zero attached hydrogens (tertiary/aromatic N) is 5. The maximum atomic E-state index is 11.5. The Morgan fingerprint density at radius 1 is 1.00 bits per heavy atom. The summed E-state index contributed by atoms with van der Waals surface area (Å²) in [5, 5.41) is 11.5. The molecular formula is C14H18N6O2S. The van der Waals surface area contributed by atoms with Gasteiger partial charge in [-0.2, -0.15) is 4.31 Å². The molecule has 1 aliphatic rings. The predicted octanol–water partition coefficient (Wildman–Crippen LogP) is 0.697. The molecule has 0 amide bonds. The van der Waals surface area contributed by atoms with Crippen molar-refractivity contribution in [2.45, 2.75) is 0 Å². The van der Waals surface area contributed by atoms with Crippen molar-refractivity contribution in [3.05, 3.63) is 36.7 Å². The lowest BCUT2D eigenvalue weighted by Gasteiger charge is -2.33. The van der Waals surface area contributed by atoms with Crippen molar-refractivity contribution in [1.82, 2.24) is 19.5 Å². The Labute approximate surface area is 135 Å². The zero-order valence-corrected chi connectivity index (χ0v) is 13.6. The first-order chi connectivity index (χ1) is 11.0. The molecule has 2 aromatic rings. The number of hydrogen-bond donors (Lipinski definition) is 1. The fourth-order valence-corrected chi connectivity index (χ4v) is 3.22. The van der Waals surface area contributed by atoms with Gasteiger partial charge < -0.3 is 10.2 Å². The highest BCUT2D eigenvalue weighted by molar-refractivity contribution is 7.88. The lowest BCUT2D eigenvalue weighted by atomic mass is 10.3. The summed E-state index contributed by atoms with van der Waals surface area (Å²) in [6.07, 6.45) is 4.64. The molecule has 0 bridgehead atoms. The second-order valence-corrected chi connectivity index (χ2v) is 7.27. The predicted molar refractivity (Wildman–Crippen MR) is 88.2 cm³/mol. The smallest absolute Gasteiger partial charge is 0.211 e. The normalized spacial score (nSPS) is 16.3. The third kappa shape index (κ3) is 3.93. The van der Waals surface area contributed by atoms with E-state index in [0.717, 1.165) is 11.5 Å². The van der Waals surface area contributed by atoms with Crippen LogP contribution < -0.4 is 10.2 Å².